The van der Waals surface area contributed by atoms with Gasteiger partial charge in [-0.15, -0.1) is 0 Å². The standard InChI is InChI=1S/C19H28N2O5S/c1-5-6-8-21(18-15(22)12-26-27-18)17(24)14(10-19(2,3)4)20-16(23)13-7-9-25-11-13/h7,9,11,14,18H,5-6,8,10,12H2,1-4H3,(H,20,23)/t14-,18+/m0/s1. The number of furan rings is 1. The van der Waals surface area contributed by atoms with Gasteiger partial charge in [0, 0.05) is 18.6 Å². The third-order valence-electron chi connectivity index (χ3n) is 4.16. The van der Waals surface area contributed by atoms with Crippen LogP contribution in [0.4, 0.5) is 0 Å². The zero-order valence-electron chi connectivity index (χ0n) is 16.3. The summed E-state index contributed by atoms with van der Waals surface area (Å²) in [5, 5.41) is 2.16. The van der Waals surface area contributed by atoms with Gasteiger partial charge in [-0.2, -0.15) is 0 Å². The first-order valence-corrected chi connectivity index (χ1v) is 9.98. The fourth-order valence-corrected chi connectivity index (χ4v) is 3.63. The summed E-state index contributed by atoms with van der Waals surface area (Å²) in [6.45, 7) is 8.49. The molecule has 2 heterocycles. The fraction of sp³-hybridized carbons (Fsp3) is 0.632. The second-order valence-corrected chi connectivity index (χ2v) is 8.74. The minimum Gasteiger partial charge on any atom is -0.472 e. The number of ketones is 1. The minimum atomic E-state index is -0.738. The van der Waals surface area contributed by atoms with E-state index in [-0.39, 0.29) is 29.6 Å². The Morgan fingerprint density at radius 2 is 2.15 bits per heavy atom. The number of unbranched alkanes of at least 4 members (excludes halogenated alkanes) is 1. The number of hydrogen-bond acceptors (Lipinski definition) is 6. The molecule has 1 aromatic heterocycles. The van der Waals surface area contributed by atoms with Crippen LogP contribution in [0.5, 0.6) is 0 Å². The quantitative estimate of drug-likeness (QED) is 0.680. The Morgan fingerprint density at radius 3 is 2.67 bits per heavy atom. The lowest BCUT2D eigenvalue weighted by molar-refractivity contribution is -0.138. The van der Waals surface area contributed by atoms with Gasteiger partial charge >= 0.3 is 0 Å². The van der Waals surface area contributed by atoms with Crippen molar-refractivity contribution in [2.24, 2.45) is 5.41 Å². The molecule has 0 spiro atoms. The first kappa shape index (κ1) is 21.5. The highest BCUT2D eigenvalue weighted by Gasteiger charge is 2.39. The van der Waals surface area contributed by atoms with Gasteiger partial charge in [-0.3, -0.25) is 14.4 Å². The number of Topliss-reactive ketones (excluding diaryl/α,β-unsaturated/α-hetero) is 1. The highest BCUT2D eigenvalue weighted by molar-refractivity contribution is 7.96. The largest absolute Gasteiger partial charge is 0.472 e. The van der Waals surface area contributed by atoms with Gasteiger partial charge in [-0.05, 0) is 24.3 Å². The molecule has 0 aromatic carbocycles. The summed E-state index contributed by atoms with van der Waals surface area (Å²) < 4.78 is 10.1. The molecule has 0 aliphatic carbocycles. The second kappa shape index (κ2) is 9.41. The molecule has 1 aliphatic heterocycles. The summed E-state index contributed by atoms with van der Waals surface area (Å²) in [7, 11) is 0. The van der Waals surface area contributed by atoms with Crippen LogP contribution in [0, 0.1) is 5.41 Å². The zero-order valence-corrected chi connectivity index (χ0v) is 17.1. The van der Waals surface area contributed by atoms with E-state index in [4.69, 9.17) is 8.60 Å². The van der Waals surface area contributed by atoms with Gasteiger partial charge in [0.2, 0.25) is 5.91 Å². The van der Waals surface area contributed by atoms with Crippen molar-refractivity contribution < 1.29 is 23.0 Å². The van der Waals surface area contributed by atoms with Crippen LogP contribution in [-0.4, -0.2) is 47.1 Å². The van der Waals surface area contributed by atoms with E-state index in [0.29, 0.717) is 18.5 Å². The van der Waals surface area contributed by atoms with Crippen molar-refractivity contribution in [2.45, 2.75) is 58.4 Å². The van der Waals surface area contributed by atoms with E-state index in [1.54, 1.807) is 11.0 Å². The molecule has 8 heteroatoms. The maximum Gasteiger partial charge on any atom is 0.255 e. The smallest absolute Gasteiger partial charge is 0.255 e. The summed E-state index contributed by atoms with van der Waals surface area (Å²) in [6, 6.07) is 0.811. The van der Waals surface area contributed by atoms with Crippen molar-refractivity contribution in [3.05, 3.63) is 24.2 Å². The van der Waals surface area contributed by atoms with E-state index in [2.05, 4.69) is 5.32 Å². The van der Waals surface area contributed by atoms with Gasteiger partial charge in [0.15, 0.2) is 11.2 Å². The van der Waals surface area contributed by atoms with Gasteiger partial charge in [-0.25, -0.2) is 0 Å². The summed E-state index contributed by atoms with van der Waals surface area (Å²) in [5.74, 6) is -0.755. The monoisotopic (exact) mass is 396 g/mol. The first-order chi connectivity index (χ1) is 12.7. The molecule has 2 rings (SSSR count). The van der Waals surface area contributed by atoms with Crippen molar-refractivity contribution in [3.63, 3.8) is 0 Å². The zero-order chi connectivity index (χ0) is 20.0. The Morgan fingerprint density at radius 1 is 1.41 bits per heavy atom. The number of carbonyl (C=O) groups is 3. The van der Waals surface area contributed by atoms with E-state index in [9.17, 15) is 14.4 Å². The molecule has 2 atom stereocenters. The fourth-order valence-electron chi connectivity index (χ4n) is 2.83. The van der Waals surface area contributed by atoms with Crippen LogP contribution in [0.15, 0.2) is 23.0 Å². The first-order valence-electron chi connectivity index (χ1n) is 9.17. The van der Waals surface area contributed by atoms with E-state index >= 15 is 0 Å². The lowest BCUT2D eigenvalue weighted by atomic mass is 9.87. The summed E-state index contributed by atoms with van der Waals surface area (Å²) in [6.07, 6.45) is 4.86. The van der Waals surface area contributed by atoms with E-state index in [1.807, 2.05) is 27.7 Å². The Hall–Kier alpha value is -1.80. The molecule has 1 N–H and O–H groups in total. The van der Waals surface area contributed by atoms with Crippen molar-refractivity contribution >= 4 is 29.6 Å². The predicted octanol–water partition coefficient (Wildman–Crippen LogP) is 3.02. The normalized spacial score (nSPS) is 18.4. The highest BCUT2D eigenvalue weighted by atomic mass is 32.2. The molecule has 1 fully saturated rings. The second-order valence-electron chi connectivity index (χ2n) is 7.87. The van der Waals surface area contributed by atoms with Crippen molar-refractivity contribution in [1.82, 2.24) is 10.2 Å². The van der Waals surface area contributed by atoms with Crippen molar-refractivity contribution in [3.8, 4) is 0 Å². The summed E-state index contributed by atoms with van der Waals surface area (Å²) in [5.41, 5.74) is 0.167. The van der Waals surface area contributed by atoms with Crippen LogP contribution in [0.3, 0.4) is 0 Å². The molecule has 7 nitrogen and oxygen atoms in total. The highest BCUT2D eigenvalue weighted by Crippen LogP contribution is 2.28. The molecule has 0 radical (unpaired) electrons. The third-order valence-corrected chi connectivity index (χ3v) is 5.11. The predicted molar refractivity (Wildman–Crippen MR) is 103 cm³/mol. The summed E-state index contributed by atoms with van der Waals surface area (Å²) in [4.78, 5) is 39.5. The molecule has 1 aliphatic rings. The Bertz CT molecular complexity index is 654. The molecular formula is C19H28N2O5S. The third kappa shape index (κ3) is 6.10. The van der Waals surface area contributed by atoms with Gasteiger partial charge in [0.1, 0.15) is 18.9 Å². The molecule has 150 valence electrons. The van der Waals surface area contributed by atoms with Gasteiger partial charge in [-0.1, -0.05) is 34.1 Å². The van der Waals surface area contributed by atoms with E-state index < -0.39 is 11.4 Å². The number of nitrogens with one attached hydrogen (secondary N) is 1. The van der Waals surface area contributed by atoms with Crippen LogP contribution in [0.2, 0.25) is 0 Å². The van der Waals surface area contributed by atoms with Crippen molar-refractivity contribution in [1.29, 1.82) is 0 Å². The van der Waals surface area contributed by atoms with Crippen LogP contribution in [0.1, 0.15) is 57.3 Å². The van der Waals surface area contributed by atoms with Gasteiger partial charge in [0.05, 0.1) is 11.8 Å². The minimum absolute atomic E-state index is 0.00342. The van der Waals surface area contributed by atoms with Gasteiger partial charge in [0.25, 0.3) is 5.91 Å². The average molecular weight is 397 g/mol. The Balaban J connectivity index is 2.22. The SMILES string of the molecule is CCCCN(C(=O)[C@H](CC(C)(C)C)NC(=O)c1ccoc1)[C@@H]1SOCC1=O. The molecule has 0 unspecified atom stereocenters. The van der Waals surface area contributed by atoms with Crippen LogP contribution >= 0.6 is 12.0 Å². The molecular weight excluding hydrogens is 368 g/mol. The van der Waals surface area contributed by atoms with Crippen molar-refractivity contribution in [2.75, 3.05) is 13.2 Å². The van der Waals surface area contributed by atoms with Crippen LogP contribution in [-0.2, 0) is 13.8 Å². The number of hydrogen-bond donors (Lipinski definition) is 1. The van der Waals surface area contributed by atoms with Crippen LogP contribution in [0.25, 0.3) is 0 Å². The molecule has 27 heavy (non-hydrogen) atoms. The molecule has 1 aromatic rings. The maximum atomic E-state index is 13.3. The topological polar surface area (TPSA) is 88.8 Å². The van der Waals surface area contributed by atoms with Gasteiger partial charge < -0.3 is 18.8 Å². The lowest BCUT2D eigenvalue weighted by Crippen LogP contribution is -2.53. The number of rotatable bonds is 8. The average Bonchev–Trinajstić information content (AvgIpc) is 3.25. The maximum absolute atomic E-state index is 13.3. The number of amides is 2. The lowest BCUT2D eigenvalue weighted by Gasteiger charge is -2.33. The number of carbonyl (C=O) groups excluding carboxylic acids is 3. The Labute approximate surface area is 164 Å². The van der Waals surface area contributed by atoms with Crippen LogP contribution < -0.4 is 5.32 Å². The molecule has 0 saturated carbocycles. The molecule has 2 amide bonds. The number of nitrogens with zero attached hydrogens (tertiary/aromatic N) is 1. The molecule has 0 bridgehead atoms. The summed E-state index contributed by atoms with van der Waals surface area (Å²) >= 11 is 1.02. The van der Waals surface area contributed by atoms with E-state index in [1.165, 1.54) is 12.5 Å². The molecule has 1 saturated heterocycles. The Kier molecular flexibility index (Phi) is 7.49. The van der Waals surface area contributed by atoms with E-state index in [0.717, 1.165) is 24.9 Å².